The normalized spacial score (nSPS) is 34.4. The fraction of sp³-hybridized carbons (Fsp3) is 1.00. The Hall–Kier alpha value is 0.150. The van der Waals surface area contributed by atoms with Crippen molar-refractivity contribution >= 4 is 11.8 Å². The molecule has 5 nitrogen and oxygen atoms in total. The fourth-order valence-corrected chi connectivity index (χ4v) is 3.47. The Morgan fingerprint density at radius 2 is 1.55 bits per heavy atom. The summed E-state index contributed by atoms with van der Waals surface area (Å²) in [6, 6.07) is 0. The third kappa shape index (κ3) is 5.50. The Morgan fingerprint density at radius 3 is 2.20 bits per heavy atom. The van der Waals surface area contributed by atoms with Gasteiger partial charge in [0.1, 0.15) is 29.9 Å². The third-order valence-corrected chi connectivity index (χ3v) is 4.87. The van der Waals surface area contributed by atoms with Gasteiger partial charge in [0.2, 0.25) is 0 Å². The second-order valence-electron chi connectivity index (χ2n) is 5.34. The predicted octanol–water partition coefficient (Wildman–Crippen LogP) is 0.880. The van der Waals surface area contributed by atoms with Crippen molar-refractivity contribution in [1.29, 1.82) is 0 Å². The summed E-state index contributed by atoms with van der Waals surface area (Å²) in [5, 5.41) is 38.3. The molecular formula is C14H28O5S. The second kappa shape index (κ2) is 9.97. The van der Waals surface area contributed by atoms with Gasteiger partial charge in [0.25, 0.3) is 0 Å². The highest BCUT2D eigenvalue weighted by Crippen LogP contribution is 2.29. The van der Waals surface area contributed by atoms with Crippen molar-refractivity contribution < 1.29 is 25.2 Å². The van der Waals surface area contributed by atoms with Crippen LogP contribution in [0.4, 0.5) is 0 Å². The summed E-state index contributed by atoms with van der Waals surface area (Å²) >= 11 is 1.44. The van der Waals surface area contributed by atoms with Gasteiger partial charge in [-0.3, -0.25) is 0 Å². The van der Waals surface area contributed by atoms with Crippen molar-refractivity contribution in [2.45, 2.75) is 75.3 Å². The Morgan fingerprint density at radius 1 is 0.900 bits per heavy atom. The lowest BCUT2D eigenvalue weighted by molar-refractivity contribution is -0.205. The van der Waals surface area contributed by atoms with Crippen LogP contribution in [-0.2, 0) is 4.74 Å². The van der Waals surface area contributed by atoms with E-state index in [1.807, 2.05) is 0 Å². The largest absolute Gasteiger partial charge is 0.394 e. The van der Waals surface area contributed by atoms with E-state index in [2.05, 4.69) is 6.92 Å². The molecule has 1 rings (SSSR count). The molecule has 1 aliphatic rings. The number of aliphatic hydroxyl groups is 4. The molecular weight excluding hydrogens is 280 g/mol. The predicted molar refractivity (Wildman–Crippen MR) is 79.6 cm³/mol. The smallest absolute Gasteiger partial charge is 0.132 e. The van der Waals surface area contributed by atoms with E-state index in [1.54, 1.807) is 0 Å². The van der Waals surface area contributed by atoms with Crippen molar-refractivity contribution in [3.8, 4) is 0 Å². The highest BCUT2D eigenvalue weighted by Gasteiger charge is 2.43. The zero-order valence-electron chi connectivity index (χ0n) is 12.1. The van der Waals surface area contributed by atoms with Crippen LogP contribution in [0.1, 0.15) is 45.4 Å². The van der Waals surface area contributed by atoms with Crippen LogP contribution in [0.2, 0.25) is 0 Å². The van der Waals surface area contributed by atoms with Crippen molar-refractivity contribution in [3.63, 3.8) is 0 Å². The van der Waals surface area contributed by atoms with E-state index >= 15 is 0 Å². The molecule has 0 radical (unpaired) electrons. The molecule has 1 fully saturated rings. The number of unbranched alkanes of at least 4 members (excludes halogenated alkanes) is 5. The molecule has 20 heavy (non-hydrogen) atoms. The first-order chi connectivity index (χ1) is 9.61. The third-order valence-electron chi connectivity index (χ3n) is 3.63. The molecule has 0 bridgehead atoms. The standard InChI is InChI=1S/C14H28O5S/c1-2-3-4-5-6-7-8-20-14-13(18)12(17)11(16)10(9-15)19-14/h10-18H,2-9H2,1H3/t10-,11-,12+,13-,14+/m0/s1. The highest BCUT2D eigenvalue weighted by molar-refractivity contribution is 7.99. The fourth-order valence-electron chi connectivity index (χ4n) is 2.29. The van der Waals surface area contributed by atoms with Crippen LogP contribution in [0.3, 0.4) is 0 Å². The molecule has 1 saturated heterocycles. The van der Waals surface area contributed by atoms with Gasteiger partial charge in [0, 0.05) is 0 Å². The Labute approximate surface area is 125 Å². The number of thioether (sulfide) groups is 1. The van der Waals surface area contributed by atoms with E-state index in [9.17, 15) is 15.3 Å². The molecule has 0 saturated carbocycles. The van der Waals surface area contributed by atoms with Crippen LogP contribution in [-0.4, -0.2) is 62.6 Å². The molecule has 0 aromatic heterocycles. The second-order valence-corrected chi connectivity index (χ2v) is 6.54. The lowest BCUT2D eigenvalue weighted by Crippen LogP contribution is -2.57. The molecule has 0 aromatic rings. The Kier molecular flexibility index (Phi) is 9.08. The van der Waals surface area contributed by atoms with E-state index in [-0.39, 0.29) is 6.61 Å². The number of hydrogen-bond donors (Lipinski definition) is 4. The number of ether oxygens (including phenoxy) is 1. The molecule has 0 spiro atoms. The maximum absolute atomic E-state index is 9.86. The summed E-state index contributed by atoms with van der Waals surface area (Å²) in [7, 11) is 0. The van der Waals surface area contributed by atoms with Gasteiger partial charge < -0.3 is 25.2 Å². The number of aliphatic hydroxyl groups excluding tert-OH is 4. The van der Waals surface area contributed by atoms with Gasteiger partial charge >= 0.3 is 0 Å². The van der Waals surface area contributed by atoms with Crippen LogP contribution in [0, 0.1) is 0 Å². The molecule has 0 aromatic carbocycles. The van der Waals surface area contributed by atoms with E-state index in [1.165, 1.54) is 37.4 Å². The summed E-state index contributed by atoms with van der Waals surface area (Å²) in [4.78, 5) is 0. The molecule has 0 unspecified atom stereocenters. The quantitative estimate of drug-likeness (QED) is 0.473. The van der Waals surface area contributed by atoms with E-state index in [4.69, 9.17) is 9.84 Å². The van der Waals surface area contributed by atoms with Gasteiger partial charge in [0.15, 0.2) is 0 Å². The molecule has 5 atom stereocenters. The average Bonchev–Trinajstić information content (AvgIpc) is 2.46. The molecule has 1 aliphatic heterocycles. The van der Waals surface area contributed by atoms with Crippen molar-refractivity contribution in [2.75, 3.05) is 12.4 Å². The highest BCUT2D eigenvalue weighted by atomic mass is 32.2. The van der Waals surface area contributed by atoms with Gasteiger partial charge in [-0.1, -0.05) is 39.0 Å². The van der Waals surface area contributed by atoms with Gasteiger partial charge in [-0.15, -0.1) is 11.8 Å². The minimum Gasteiger partial charge on any atom is -0.394 e. The van der Waals surface area contributed by atoms with Crippen LogP contribution >= 0.6 is 11.8 Å². The molecule has 0 amide bonds. The molecule has 6 heteroatoms. The topological polar surface area (TPSA) is 90.2 Å². The summed E-state index contributed by atoms with van der Waals surface area (Å²) < 4.78 is 5.43. The van der Waals surface area contributed by atoms with E-state index in [0.717, 1.165) is 18.6 Å². The van der Waals surface area contributed by atoms with E-state index < -0.39 is 29.9 Å². The zero-order chi connectivity index (χ0) is 15.0. The first kappa shape index (κ1) is 18.2. The number of hydrogen-bond acceptors (Lipinski definition) is 6. The minimum atomic E-state index is -1.26. The van der Waals surface area contributed by atoms with Gasteiger partial charge in [-0.05, 0) is 12.2 Å². The average molecular weight is 308 g/mol. The van der Waals surface area contributed by atoms with Crippen LogP contribution in [0.25, 0.3) is 0 Å². The Bertz CT molecular complexity index is 252. The first-order valence-electron chi connectivity index (χ1n) is 7.54. The van der Waals surface area contributed by atoms with Crippen LogP contribution in [0.5, 0.6) is 0 Å². The number of rotatable bonds is 9. The van der Waals surface area contributed by atoms with Gasteiger partial charge in [-0.25, -0.2) is 0 Å². The molecule has 4 N–H and O–H groups in total. The monoisotopic (exact) mass is 308 g/mol. The van der Waals surface area contributed by atoms with Crippen molar-refractivity contribution in [3.05, 3.63) is 0 Å². The van der Waals surface area contributed by atoms with Crippen LogP contribution < -0.4 is 0 Å². The van der Waals surface area contributed by atoms with Crippen LogP contribution in [0.15, 0.2) is 0 Å². The SMILES string of the molecule is CCCCCCCCS[C@H]1O[C@@H](CO)[C@H](O)[C@@H](O)[C@@H]1O. The van der Waals surface area contributed by atoms with Gasteiger partial charge in [0.05, 0.1) is 6.61 Å². The minimum absolute atomic E-state index is 0.362. The first-order valence-corrected chi connectivity index (χ1v) is 8.58. The lowest BCUT2D eigenvalue weighted by atomic mass is 10.0. The molecule has 120 valence electrons. The van der Waals surface area contributed by atoms with Crippen molar-refractivity contribution in [1.82, 2.24) is 0 Å². The van der Waals surface area contributed by atoms with Gasteiger partial charge in [-0.2, -0.15) is 0 Å². The lowest BCUT2D eigenvalue weighted by Gasteiger charge is -2.39. The van der Waals surface area contributed by atoms with E-state index in [0.29, 0.717) is 0 Å². The molecule has 0 aliphatic carbocycles. The Balaban J connectivity index is 2.21. The summed E-state index contributed by atoms with van der Waals surface area (Å²) in [5.41, 5.74) is -0.582. The van der Waals surface area contributed by atoms with Crippen molar-refractivity contribution in [2.24, 2.45) is 0 Å². The maximum atomic E-state index is 9.86. The zero-order valence-corrected chi connectivity index (χ0v) is 13.0. The summed E-state index contributed by atoms with van der Waals surface area (Å²) in [6.07, 6.45) is 2.77. The maximum Gasteiger partial charge on any atom is 0.132 e. The summed E-state index contributed by atoms with van der Waals surface area (Å²) in [5.74, 6) is 0.842. The molecule has 1 heterocycles. The summed E-state index contributed by atoms with van der Waals surface area (Å²) in [6.45, 7) is 1.83.